The molecule has 0 heterocycles. The summed E-state index contributed by atoms with van der Waals surface area (Å²) in [6.07, 6.45) is 0. The summed E-state index contributed by atoms with van der Waals surface area (Å²) in [5, 5.41) is 2.49. The Labute approximate surface area is 250 Å². The van der Waals surface area contributed by atoms with Gasteiger partial charge in [0.05, 0.1) is 11.4 Å². The van der Waals surface area contributed by atoms with Crippen molar-refractivity contribution in [3.8, 4) is 0 Å². The molecular weight excluding hydrogens is 529 g/mol. The second kappa shape index (κ2) is 12.3. The number of benzene rings is 4. The van der Waals surface area contributed by atoms with Crippen molar-refractivity contribution in [3.05, 3.63) is 128 Å². The maximum absolute atomic E-state index is 5.72. The molecule has 0 aliphatic rings. The van der Waals surface area contributed by atoms with Crippen LogP contribution in [0.5, 0.6) is 0 Å². The van der Waals surface area contributed by atoms with E-state index in [0.717, 1.165) is 11.4 Å². The highest BCUT2D eigenvalue weighted by atomic mass is 29.2. The zero-order valence-corrected chi connectivity index (χ0v) is 28.8. The van der Waals surface area contributed by atoms with E-state index in [4.69, 9.17) is 9.98 Å². The average molecular weight is 574 g/mol. The topological polar surface area (TPSA) is 24.7 Å². The number of nitrogens with zero attached hydrogens (tertiary/aromatic N) is 2. The Morgan fingerprint density at radius 1 is 0.439 bits per heavy atom. The van der Waals surface area contributed by atoms with Crippen LogP contribution in [0.4, 0.5) is 11.4 Å². The quantitative estimate of drug-likeness (QED) is 0.155. The Balaban J connectivity index is 2.21. The lowest BCUT2D eigenvalue weighted by atomic mass is 10.0. The van der Waals surface area contributed by atoms with E-state index in [2.05, 4.69) is 148 Å². The van der Waals surface area contributed by atoms with Gasteiger partial charge in [-0.15, -0.1) is 0 Å². The van der Waals surface area contributed by atoms with Crippen molar-refractivity contribution in [2.24, 2.45) is 9.98 Å². The van der Waals surface area contributed by atoms with Crippen molar-refractivity contribution in [1.82, 2.24) is 0 Å². The maximum Gasteiger partial charge on any atom is 0.0655 e. The first-order chi connectivity index (χ1) is 19.3. The largest absolute Gasteiger partial charge is 0.289 e. The first-order valence-corrected chi connectivity index (χ1v) is 20.6. The van der Waals surface area contributed by atoms with Crippen molar-refractivity contribution in [1.29, 1.82) is 0 Å². The fourth-order valence-corrected chi connectivity index (χ4v) is 14.6. The molecule has 0 saturated carbocycles. The van der Waals surface area contributed by atoms with Crippen LogP contribution in [0, 0.1) is 55.4 Å². The Hall–Kier alpha value is -3.35. The molecule has 0 fully saturated rings. The number of aryl methyl sites for hydroxylation is 8. The second-order valence-corrected chi connectivity index (χ2v) is 24.8. The van der Waals surface area contributed by atoms with Crippen LogP contribution in [-0.2, 0) is 0 Å². The predicted molar refractivity (Wildman–Crippen MR) is 185 cm³/mol. The number of aliphatic imine (C=N–C) groups is 2. The lowest BCUT2D eigenvalue weighted by Gasteiger charge is -2.47. The lowest BCUT2D eigenvalue weighted by molar-refractivity contribution is 1.31. The van der Waals surface area contributed by atoms with Gasteiger partial charge in [-0.2, -0.15) is 0 Å². The minimum absolute atomic E-state index is 1.10. The summed E-state index contributed by atoms with van der Waals surface area (Å²) < 4.78 is 0. The van der Waals surface area contributed by atoms with Crippen LogP contribution >= 0.6 is 0 Å². The minimum atomic E-state index is -1.91. The van der Waals surface area contributed by atoms with Gasteiger partial charge >= 0.3 is 0 Å². The van der Waals surface area contributed by atoms with Gasteiger partial charge in [-0.1, -0.05) is 111 Å². The van der Waals surface area contributed by atoms with E-state index >= 15 is 0 Å². The summed E-state index contributed by atoms with van der Waals surface area (Å²) in [6.45, 7) is 25.3. The fraction of sp³-hybridized carbons (Fsp3) is 0.297. The fourth-order valence-electron chi connectivity index (χ4n) is 5.86. The van der Waals surface area contributed by atoms with Gasteiger partial charge in [-0.3, -0.25) is 9.98 Å². The molecular formula is C37H45N2Si2-. The summed E-state index contributed by atoms with van der Waals surface area (Å²) in [6, 6.07) is 26.3. The van der Waals surface area contributed by atoms with Gasteiger partial charge in [0.25, 0.3) is 0 Å². The van der Waals surface area contributed by atoms with Gasteiger partial charge in [0, 0.05) is 0 Å². The van der Waals surface area contributed by atoms with E-state index in [9.17, 15) is 0 Å². The first kappa shape index (κ1) is 30.6. The van der Waals surface area contributed by atoms with Crippen LogP contribution in [0.15, 0.2) is 82.8 Å². The summed E-state index contributed by atoms with van der Waals surface area (Å²) in [5.74, 6) is 0. The van der Waals surface area contributed by atoms with Gasteiger partial charge < -0.3 is 0 Å². The summed E-state index contributed by atoms with van der Waals surface area (Å²) in [4.78, 5) is 11.4. The summed E-state index contributed by atoms with van der Waals surface area (Å²) in [5.41, 5.74) is 14.8. The minimum Gasteiger partial charge on any atom is -0.289 e. The van der Waals surface area contributed by atoms with Crippen molar-refractivity contribution in [3.63, 3.8) is 0 Å². The Kier molecular flexibility index (Phi) is 9.15. The van der Waals surface area contributed by atoms with E-state index in [0.29, 0.717) is 0 Å². The molecule has 0 aliphatic heterocycles. The van der Waals surface area contributed by atoms with Crippen molar-refractivity contribution >= 4 is 38.0 Å². The van der Waals surface area contributed by atoms with Gasteiger partial charge in [0.2, 0.25) is 0 Å². The maximum atomic E-state index is 5.72. The third-order valence-electron chi connectivity index (χ3n) is 7.99. The molecule has 0 amide bonds. The van der Waals surface area contributed by atoms with E-state index in [1.165, 1.54) is 66.3 Å². The smallest absolute Gasteiger partial charge is 0.0655 e. The molecule has 0 atom stereocenters. The molecule has 4 heteroatoms. The van der Waals surface area contributed by atoms with Gasteiger partial charge in [-0.05, 0) is 111 Å². The Bertz CT molecular complexity index is 1460. The Morgan fingerprint density at radius 2 is 0.683 bits per heavy atom. The molecule has 4 aromatic carbocycles. The first-order valence-electron chi connectivity index (χ1n) is 14.6. The predicted octanol–water partition coefficient (Wildman–Crippen LogP) is 10.1. The highest BCUT2D eigenvalue weighted by Gasteiger charge is 2.27. The number of hydrogen-bond donors (Lipinski definition) is 0. The van der Waals surface area contributed by atoms with E-state index in [-0.39, 0.29) is 0 Å². The molecule has 0 spiro atoms. The zero-order chi connectivity index (χ0) is 30.1. The molecule has 212 valence electrons. The van der Waals surface area contributed by atoms with E-state index in [1.54, 1.807) is 0 Å². The second-order valence-electron chi connectivity index (χ2n) is 12.6. The SMILES string of the molecule is Cc1cccc(C)c1N=C(c1c(C)cccc1C)[Si-](C(=Nc1c(C)cccc1C)c1c(C)cccc1C)[Si](C)(C)C. The van der Waals surface area contributed by atoms with Crippen LogP contribution in [0.1, 0.15) is 55.6 Å². The molecule has 0 saturated heterocycles. The molecule has 2 nitrogen and oxygen atoms in total. The normalized spacial score (nSPS) is 12.6. The van der Waals surface area contributed by atoms with Crippen molar-refractivity contribution in [2.45, 2.75) is 75.0 Å². The van der Waals surface area contributed by atoms with Crippen LogP contribution in [0.2, 0.25) is 19.6 Å². The van der Waals surface area contributed by atoms with Gasteiger partial charge in [0.15, 0.2) is 0 Å². The highest BCUT2D eigenvalue weighted by Crippen LogP contribution is 2.33. The van der Waals surface area contributed by atoms with Crippen molar-refractivity contribution < 1.29 is 0 Å². The number of hydrogen-bond acceptors (Lipinski definition) is 2. The molecule has 4 aromatic rings. The molecule has 41 heavy (non-hydrogen) atoms. The molecule has 0 aliphatic carbocycles. The highest BCUT2D eigenvalue weighted by molar-refractivity contribution is 7.54. The van der Waals surface area contributed by atoms with Gasteiger partial charge in [0.1, 0.15) is 0 Å². The lowest BCUT2D eigenvalue weighted by Crippen LogP contribution is -2.56. The van der Waals surface area contributed by atoms with E-state index < -0.39 is 15.9 Å². The van der Waals surface area contributed by atoms with Crippen LogP contribution in [0.3, 0.4) is 0 Å². The third kappa shape index (κ3) is 6.44. The number of para-hydroxylation sites is 2. The summed E-state index contributed by atoms with van der Waals surface area (Å²) >= 11 is 0. The van der Waals surface area contributed by atoms with E-state index in [1.807, 2.05) is 0 Å². The Morgan fingerprint density at radius 3 is 0.927 bits per heavy atom. The zero-order valence-electron chi connectivity index (χ0n) is 26.8. The van der Waals surface area contributed by atoms with Gasteiger partial charge in [-0.25, -0.2) is 8.31 Å². The van der Waals surface area contributed by atoms with Crippen LogP contribution in [-0.4, -0.2) is 26.6 Å². The molecule has 0 N–H and O–H groups in total. The summed E-state index contributed by atoms with van der Waals surface area (Å²) in [7, 11) is -3.36. The number of rotatable bonds is 7. The average Bonchev–Trinajstić information content (AvgIpc) is 2.87. The molecule has 0 radical (unpaired) electrons. The molecule has 0 bridgehead atoms. The van der Waals surface area contributed by atoms with Crippen LogP contribution < -0.4 is 0 Å². The standard InChI is InChI=1S/C37H45N2Si2/c1-24-16-12-17-25(2)32(24)36(38-34-28(5)20-14-21-29(34)6)40(41(9,10)11)37(33-26(3)18-13-19-27(33)4)39-35-30(7)22-15-23-31(35)8/h12-23H,1-11H3/q-1. The van der Waals surface area contributed by atoms with Crippen LogP contribution in [0.25, 0.3) is 0 Å². The van der Waals surface area contributed by atoms with Crippen molar-refractivity contribution in [2.75, 3.05) is 0 Å². The molecule has 4 rings (SSSR count). The third-order valence-corrected chi connectivity index (χ3v) is 17.1. The monoisotopic (exact) mass is 573 g/mol. The molecule has 0 aromatic heterocycles. The molecule has 0 unspecified atom stereocenters.